The molecule has 4 aliphatic carbocycles. The van der Waals surface area contributed by atoms with Crippen LogP contribution in [0.3, 0.4) is 0 Å². The van der Waals surface area contributed by atoms with Crippen molar-refractivity contribution in [3.63, 3.8) is 0 Å². The van der Waals surface area contributed by atoms with Crippen LogP contribution in [0.25, 0.3) is 0 Å². The Kier molecular flexibility index (Phi) is 10.1. The molecule has 0 heterocycles. The lowest BCUT2D eigenvalue weighted by molar-refractivity contribution is -0.128. The molecule has 0 aromatic heterocycles. The summed E-state index contributed by atoms with van der Waals surface area (Å²) < 4.78 is 0. The Balaban J connectivity index is 1.27. The first-order chi connectivity index (χ1) is 18.0. The molecule has 4 aliphatic rings. The normalized spacial score (nSPS) is 36.5. The first kappa shape index (κ1) is 30.0. The van der Waals surface area contributed by atoms with Gasteiger partial charge in [0.05, 0.1) is 6.42 Å². The molecule has 3 saturated carbocycles. The van der Waals surface area contributed by atoms with E-state index < -0.39 is 0 Å². The fourth-order valence-corrected chi connectivity index (χ4v) is 9.75. The topological polar surface area (TPSA) is 34.1 Å². The van der Waals surface area contributed by atoms with E-state index in [4.69, 9.17) is 0 Å². The summed E-state index contributed by atoms with van der Waals surface area (Å²) in [7, 11) is 0. The van der Waals surface area contributed by atoms with Crippen molar-refractivity contribution in [2.24, 2.45) is 52.3 Å². The molecule has 0 radical (unpaired) electrons. The van der Waals surface area contributed by atoms with Gasteiger partial charge in [-0.3, -0.25) is 9.59 Å². The molecule has 0 aliphatic heterocycles. The number of Topliss-reactive ketones (excluding diaryl/α,β-unsaturated/α-hetero) is 2. The zero-order valence-corrected chi connectivity index (χ0v) is 26.0. The molecule has 4 rings (SSSR count). The maximum Gasteiger partial charge on any atom is 0.142 e. The van der Waals surface area contributed by atoms with Crippen LogP contribution in [0.1, 0.15) is 151 Å². The van der Waals surface area contributed by atoms with E-state index in [0.29, 0.717) is 17.3 Å². The van der Waals surface area contributed by atoms with Crippen LogP contribution in [0, 0.1) is 52.3 Å². The summed E-state index contributed by atoms with van der Waals surface area (Å²) in [6.45, 7) is 13.9. The van der Waals surface area contributed by atoms with E-state index in [0.717, 1.165) is 48.3 Å². The maximum atomic E-state index is 12.2. The zero-order valence-electron chi connectivity index (χ0n) is 26.0. The monoisotopic (exact) mass is 524 g/mol. The molecule has 0 N–H and O–H groups in total. The number of hydrogen-bond donors (Lipinski definition) is 0. The van der Waals surface area contributed by atoms with Gasteiger partial charge in [0.25, 0.3) is 0 Å². The van der Waals surface area contributed by atoms with Crippen LogP contribution < -0.4 is 0 Å². The Morgan fingerprint density at radius 1 is 0.895 bits per heavy atom. The molecule has 216 valence electrons. The highest BCUT2D eigenvalue weighted by molar-refractivity contribution is 5.99. The summed E-state index contributed by atoms with van der Waals surface area (Å²) >= 11 is 0. The number of unbranched alkanes of at least 4 members (excludes halogenated alkanes) is 2. The minimum absolute atomic E-state index is 0.0218. The molecule has 2 heteroatoms. The second-order valence-corrected chi connectivity index (χ2v) is 15.4. The smallest absolute Gasteiger partial charge is 0.142 e. The number of carbonyl (C=O) groups is 2. The first-order valence-corrected chi connectivity index (χ1v) is 16.8. The summed E-state index contributed by atoms with van der Waals surface area (Å²) in [5, 5.41) is 0. The molecule has 3 fully saturated rings. The predicted molar refractivity (Wildman–Crippen MR) is 160 cm³/mol. The van der Waals surface area contributed by atoms with E-state index in [9.17, 15) is 9.59 Å². The van der Waals surface area contributed by atoms with Gasteiger partial charge < -0.3 is 0 Å². The quantitative estimate of drug-likeness (QED) is 0.136. The number of rotatable bonds is 13. The van der Waals surface area contributed by atoms with Crippen molar-refractivity contribution in [1.82, 2.24) is 0 Å². The zero-order chi connectivity index (χ0) is 27.5. The summed E-state index contributed by atoms with van der Waals surface area (Å²) in [4.78, 5) is 24.0. The van der Waals surface area contributed by atoms with E-state index in [1.165, 1.54) is 83.5 Å². The van der Waals surface area contributed by atoms with Crippen LogP contribution >= 0.6 is 0 Å². The van der Waals surface area contributed by atoms with Gasteiger partial charge in [-0.15, -0.1) is 0 Å². The lowest BCUT2D eigenvalue weighted by Crippen LogP contribution is -2.50. The Labute approximate surface area is 235 Å². The molecule has 0 saturated heterocycles. The molecule has 7 atom stereocenters. The van der Waals surface area contributed by atoms with Crippen molar-refractivity contribution in [2.75, 3.05) is 0 Å². The average molecular weight is 525 g/mol. The van der Waals surface area contributed by atoms with Crippen molar-refractivity contribution < 1.29 is 9.59 Å². The highest BCUT2D eigenvalue weighted by atomic mass is 16.1. The minimum atomic E-state index is -0.0218. The Bertz CT molecular complexity index is 851. The van der Waals surface area contributed by atoms with Crippen LogP contribution in [0.4, 0.5) is 0 Å². The molecule has 38 heavy (non-hydrogen) atoms. The molecule has 0 bridgehead atoms. The molecule has 2 nitrogen and oxygen atoms in total. The largest absolute Gasteiger partial charge is 0.299 e. The second-order valence-electron chi connectivity index (χ2n) is 15.4. The van der Waals surface area contributed by atoms with E-state index >= 15 is 0 Å². The van der Waals surface area contributed by atoms with Crippen molar-refractivity contribution >= 4 is 11.6 Å². The van der Waals surface area contributed by atoms with Gasteiger partial charge in [-0.25, -0.2) is 0 Å². The number of hydrogen-bond acceptors (Lipinski definition) is 2. The van der Waals surface area contributed by atoms with Crippen LogP contribution in [0.5, 0.6) is 0 Å². The van der Waals surface area contributed by atoms with Crippen LogP contribution in [-0.4, -0.2) is 11.6 Å². The number of allylic oxidation sites excluding steroid dienone is 2. The van der Waals surface area contributed by atoms with Crippen molar-refractivity contribution in [2.45, 2.75) is 151 Å². The van der Waals surface area contributed by atoms with Gasteiger partial charge in [0.1, 0.15) is 11.6 Å². The van der Waals surface area contributed by atoms with Crippen LogP contribution in [0.2, 0.25) is 0 Å². The fraction of sp³-hybridized carbons (Fsp3) is 0.889. The van der Waals surface area contributed by atoms with E-state index in [-0.39, 0.29) is 23.9 Å². The molecule has 0 aromatic carbocycles. The highest BCUT2D eigenvalue weighted by Crippen LogP contribution is 2.67. The highest BCUT2D eigenvalue weighted by Gasteiger charge is 2.58. The first-order valence-electron chi connectivity index (χ1n) is 16.8. The minimum Gasteiger partial charge on any atom is -0.299 e. The molecular weight excluding hydrogens is 464 g/mol. The molecular formula is C36H60O2. The fourth-order valence-electron chi connectivity index (χ4n) is 9.75. The van der Waals surface area contributed by atoms with Crippen LogP contribution in [0.15, 0.2) is 11.6 Å². The molecule has 0 spiro atoms. The summed E-state index contributed by atoms with van der Waals surface area (Å²) in [6.07, 6.45) is 23.9. The SMILES string of the molecule is CC(C)CCCC[C@H]1CCC2[C@@H]3CC=C4C[C@@H](CCCCC(=O)CC(=O)C(C)C)CC[C@]4(C)C3CC[C@@]21C. The van der Waals surface area contributed by atoms with Gasteiger partial charge in [0.15, 0.2) is 0 Å². The summed E-state index contributed by atoms with van der Waals surface area (Å²) in [5.74, 6) is 5.66. The Hall–Kier alpha value is -0.920. The van der Waals surface area contributed by atoms with Crippen molar-refractivity contribution in [1.29, 1.82) is 0 Å². The van der Waals surface area contributed by atoms with E-state index in [1.807, 2.05) is 13.8 Å². The summed E-state index contributed by atoms with van der Waals surface area (Å²) in [6, 6.07) is 0. The number of fused-ring (bicyclic) bond motifs is 5. The number of ketones is 2. The van der Waals surface area contributed by atoms with E-state index in [1.54, 1.807) is 5.57 Å². The Morgan fingerprint density at radius 2 is 1.66 bits per heavy atom. The van der Waals surface area contributed by atoms with Gasteiger partial charge in [-0.05, 0) is 111 Å². The molecule has 2 unspecified atom stereocenters. The third kappa shape index (κ3) is 6.52. The van der Waals surface area contributed by atoms with Gasteiger partial charge >= 0.3 is 0 Å². The van der Waals surface area contributed by atoms with Crippen molar-refractivity contribution in [3.05, 3.63) is 11.6 Å². The molecule has 0 amide bonds. The van der Waals surface area contributed by atoms with Crippen molar-refractivity contribution in [3.8, 4) is 0 Å². The number of carbonyl (C=O) groups excluding carboxylic acids is 2. The predicted octanol–water partition coefficient (Wildman–Crippen LogP) is 10.1. The molecule has 0 aromatic rings. The third-order valence-corrected chi connectivity index (χ3v) is 12.3. The van der Waals surface area contributed by atoms with Gasteiger partial charge in [-0.1, -0.05) is 85.3 Å². The van der Waals surface area contributed by atoms with Gasteiger partial charge in [0.2, 0.25) is 0 Å². The van der Waals surface area contributed by atoms with Gasteiger partial charge in [0, 0.05) is 12.3 Å². The van der Waals surface area contributed by atoms with Crippen LogP contribution in [-0.2, 0) is 9.59 Å². The maximum absolute atomic E-state index is 12.2. The van der Waals surface area contributed by atoms with E-state index in [2.05, 4.69) is 33.8 Å². The lowest BCUT2D eigenvalue weighted by Gasteiger charge is -2.58. The van der Waals surface area contributed by atoms with Gasteiger partial charge in [-0.2, -0.15) is 0 Å². The second kappa shape index (κ2) is 12.7. The Morgan fingerprint density at radius 3 is 2.39 bits per heavy atom. The standard InChI is InChI=1S/C36H60O2/c1-25(2)11-7-9-13-28-16-18-32-31-17-15-29-23-27(12-8-10-14-30(37)24-34(38)26(3)4)19-21-36(29,6)33(31)20-22-35(28,32)5/h15,25-28,31-33H,7-14,16-24H2,1-6H3/t27-,28-,31-,32?,33?,35+,36-/m0/s1. The third-order valence-electron chi connectivity index (χ3n) is 12.3. The average Bonchev–Trinajstić information content (AvgIpc) is 3.20. The lowest BCUT2D eigenvalue weighted by atomic mass is 9.46. The summed E-state index contributed by atoms with van der Waals surface area (Å²) in [5.41, 5.74) is 2.86.